The fraction of sp³-hybridized carbons (Fsp3) is 0.158. The van der Waals surface area contributed by atoms with Crippen molar-refractivity contribution in [1.29, 1.82) is 5.26 Å². The van der Waals surface area contributed by atoms with Crippen LogP contribution < -0.4 is 16.0 Å². The van der Waals surface area contributed by atoms with Gasteiger partial charge in [0.15, 0.2) is 0 Å². The minimum atomic E-state index is -0.272. The number of rotatable bonds is 7. The molecule has 0 radical (unpaired) electrons. The normalized spacial score (nSPS) is 10.0. The number of carbonyl (C=O) groups excluding carboxylic acids is 1. The Hall–Kier alpha value is -3.86. The number of nitrogens with zero attached hydrogens (tertiary/aromatic N) is 4. The van der Waals surface area contributed by atoms with Gasteiger partial charge in [0.1, 0.15) is 11.9 Å². The van der Waals surface area contributed by atoms with Crippen molar-refractivity contribution in [2.45, 2.75) is 6.54 Å². The van der Waals surface area contributed by atoms with E-state index in [-0.39, 0.29) is 6.03 Å². The summed E-state index contributed by atoms with van der Waals surface area (Å²) in [5.41, 5.74) is 2.34. The van der Waals surface area contributed by atoms with Crippen LogP contribution >= 0.6 is 0 Å². The predicted molar refractivity (Wildman–Crippen MR) is 101 cm³/mol. The van der Waals surface area contributed by atoms with Crippen molar-refractivity contribution in [3.8, 4) is 11.8 Å². The lowest BCUT2D eigenvalue weighted by molar-refractivity contribution is 0.241. The molecule has 0 bridgehead atoms. The minimum absolute atomic E-state index is 0.272. The molecule has 0 saturated carbocycles. The smallest absolute Gasteiger partial charge is 0.315 e. The van der Waals surface area contributed by atoms with Gasteiger partial charge >= 0.3 is 6.03 Å². The predicted octanol–water partition coefficient (Wildman–Crippen LogP) is 2.05. The highest BCUT2D eigenvalue weighted by Crippen LogP contribution is 2.09. The second-order valence-electron chi connectivity index (χ2n) is 5.68. The summed E-state index contributed by atoms with van der Waals surface area (Å²) in [7, 11) is 0. The van der Waals surface area contributed by atoms with E-state index in [1.54, 1.807) is 29.2 Å². The molecule has 3 rings (SSSR count). The van der Waals surface area contributed by atoms with Crippen LogP contribution in [0.2, 0.25) is 0 Å². The highest BCUT2D eigenvalue weighted by Gasteiger charge is 2.04. The number of para-hydroxylation sites is 1. The van der Waals surface area contributed by atoms with Crippen LogP contribution in [0.5, 0.6) is 0 Å². The number of carbonyl (C=O) groups is 1. The zero-order valence-electron chi connectivity index (χ0n) is 14.6. The number of nitrogens with one attached hydrogen (secondary N) is 3. The van der Waals surface area contributed by atoms with Gasteiger partial charge in [-0.05, 0) is 24.3 Å². The first-order chi connectivity index (χ1) is 13.3. The largest absolute Gasteiger partial charge is 0.367 e. The molecule has 0 saturated heterocycles. The summed E-state index contributed by atoms with van der Waals surface area (Å²) in [6, 6.07) is 14.9. The van der Waals surface area contributed by atoms with Crippen LogP contribution in [0.25, 0.3) is 5.69 Å². The number of hydrogen-bond donors (Lipinski definition) is 3. The molecule has 8 heteroatoms. The second-order valence-corrected chi connectivity index (χ2v) is 5.68. The number of aromatic nitrogens is 3. The summed E-state index contributed by atoms with van der Waals surface area (Å²) >= 11 is 0. The molecule has 0 spiro atoms. The fourth-order valence-corrected chi connectivity index (χ4v) is 2.41. The van der Waals surface area contributed by atoms with E-state index < -0.39 is 0 Å². The number of hydrogen-bond acceptors (Lipinski definition) is 5. The van der Waals surface area contributed by atoms with Gasteiger partial charge in [-0.1, -0.05) is 18.2 Å². The summed E-state index contributed by atoms with van der Waals surface area (Å²) in [4.78, 5) is 16.0. The Morgan fingerprint density at radius 1 is 1.11 bits per heavy atom. The first-order valence-electron chi connectivity index (χ1n) is 8.46. The standard InChI is InChI=1S/C19H19N7O/c20-11-16-5-4-8-21-18(16)22-9-10-23-19(27)24-12-15-13-25-26(14-15)17-6-2-1-3-7-17/h1-8,13-14H,9-10,12H2,(H,21,22)(H2,23,24,27). The minimum Gasteiger partial charge on any atom is -0.367 e. The molecule has 1 aromatic carbocycles. The summed E-state index contributed by atoms with van der Waals surface area (Å²) in [5.74, 6) is 0.510. The van der Waals surface area contributed by atoms with E-state index in [2.05, 4.69) is 32.1 Å². The van der Waals surface area contributed by atoms with Gasteiger partial charge in [0.05, 0.1) is 17.4 Å². The molecule has 27 heavy (non-hydrogen) atoms. The second kappa shape index (κ2) is 9.01. The SMILES string of the molecule is N#Cc1cccnc1NCCNC(=O)NCc1cnn(-c2ccccc2)c1. The van der Waals surface area contributed by atoms with Gasteiger partial charge < -0.3 is 16.0 Å². The number of benzene rings is 1. The third kappa shape index (κ3) is 5.06. The molecule has 3 N–H and O–H groups in total. The molecular formula is C19H19N7O. The first kappa shape index (κ1) is 17.9. The molecule has 0 aliphatic rings. The van der Waals surface area contributed by atoms with E-state index in [9.17, 15) is 4.79 Å². The van der Waals surface area contributed by atoms with Gasteiger partial charge in [-0.15, -0.1) is 0 Å². The molecular weight excluding hydrogens is 342 g/mol. The van der Waals surface area contributed by atoms with Gasteiger partial charge in [-0.3, -0.25) is 0 Å². The Labute approximate surface area is 156 Å². The number of urea groups is 1. The zero-order chi connectivity index (χ0) is 18.9. The van der Waals surface area contributed by atoms with E-state index in [1.165, 1.54) is 0 Å². The summed E-state index contributed by atoms with van der Waals surface area (Å²) in [6.45, 7) is 1.24. The van der Waals surface area contributed by atoms with Crippen LogP contribution in [0.4, 0.5) is 10.6 Å². The van der Waals surface area contributed by atoms with Crippen molar-refractivity contribution >= 4 is 11.8 Å². The summed E-state index contributed by atoms with van der Waals surface area (Å²) < 4.78 is 1.76. The van der Waals surface area contributed by atoms with E-state index in [1.807, 2.05) is 36.5 Å². The van der Waals surface area contributed by atoms with Crippen LogP contribution in [0.15, 0.2) is 61.1 Å². The van der Waals surface area contributed by atoms with Crippen LogP contribution in [-0.4, -0.2) is 33.9 Å². The van der Waals surface area contributed by atoms with Crippen LogP contribution in [0.1, 0.15) is 11.1 Å². The molecule has 0 unspecified atom stereocenters. The number of anilines is 1. The van der Waals surface area contributed by atoms with Crippen molar-refractivity contribution in [3.63, 3.8) is 0 Å². The van der Waals surface area contributed by atoms with Crippen LogP contribution in [0, 0.1) is 11.3 Å². The van der Waals surface area contributed by atoms with Crippen molar-refractivity contribution in [2.24, 2.45) is 0 Å². The maximum absolute atomic E-state index is 11.9. The maximum atomic E-state index is 11.9. The lowest BCUT2D eigenvalue weighted by Gasteiger charge is -2.09. The molecule has 3 aromatic rings. The van der Waals surface area contributed by atoms with Gasteiger partial charge in [0.2, 0.25) is 0 Å². The third-order valence-corrected chi connectivity index (χ3v) is 3.74. The highest BCUT2D eigenvalue weighted by atomic mass is 16.2. The lowest BCUT2D eigenvalue weighted by atomic mass is 10.3. The third-order valence-electron chi connectivity index (χ3n) is 3.74. The van der Waals surface area contributed by atoms with Crippen LogP contribution in [-0.2, 0) is 6.54 Å². The Morgan fingerprint density at radius 3 is 2.78 bits per heavy atom. The van der Waals surface area contributed by atoms with Crippen molar-refractivity contribution in [2.75, 3.05) is 18.4 Å². The number of amides is 2. The molecule has 2 amide bonds. The van der Waals surface area contributed by atoms with Gasteiger partial charge in [0.25, 0.3) is 0 Å². The average molecular weight is 361 g/mol. The van der Waals surface area contributed by atoms with E-state index in [0.29, 0.717) is 31.0 Å². The number of nitriles is 1. The molecule has 0 atom stereocenters. The van der Waals surface area contributed by atoms with Crippen molar-refractivity contribution < 1.29 is 4.79 Å². The van der Waals surface area contributed by atoms with Crippen molar-refractivity contribution in [1.82, 2.24) is 25.4 Å². The first-order valence-corrected chi connectivity index (χ1v) is 8.46. The lowest BCUT2D eigenvalue weighted by Crippen LogP contribution is -2.37. The van der Waals surface area contributed by atoms with Crippen molar-refractivity contribution in [3.05, 3.63) is 72.2 Å². The molecule has 0 aliphatic carbocycles. The zero-order valence-corrected chi connectivity index (χ0v) is 14.6. The number of pyridine rings is 1. The Balaban J connectivity index is 1.39. The monoisotopic (exact) mass is 361 g/mol. The molecule has 2 heterocycles. The van der Waals surface area contributed by atoms with E-state index in [4.69, 9.17) is 5.26 Å². The molecule has 2 aromatic heterocycles. The molecule has 136 valence electrons. The molecule has 0 fully saturated rings. The van der Waals surface area contributed by atoms with Crippen LogP contribution in [0.3, 0.4) is 0 Å². The highest BCUT2D eigenvalue weighted by molar-refractivity contribution is 5.73. The van der Waals surface area contributed by atoms with Gasteiger partial charge in [-0.25, -0.2) is 14.5 Å². The maximum Gasteiger partial charge on any atom is 0.315 e. The van der Waals surface area contributed by atoms with E-state index >= 15 is 0 Å². The topological polar surface area (TPSA) is 108 Å². The summed E-state index contributed by atoms with van der Waals surface area (Å²) in [5, 5.41) is 21.9. The van der Waals surface area contributed by atoms with Gasteiger partial charge in [0, 0.05) is 37.6 Å². The van der Waals surface area contributed by atoms with Gasteiger partial charge in [-0.2, -0.15) is 10.4 Å². The molecule has 0 aliphatic heterocycles. The van der Waals surface area contributed by atoms with E-state index in [0.717, 1.165) is 11.3 Å². The summed E-state index contributed by atoms with van der Waals surface area (Å²) in [6.07, 6.45) is 5.21. The Bertz CT molecular complexity index is 930. The quantitative estimate of drug-likeness (QED) is 0.558. The Morgan fingerprint density at radius 2 is 1.96 bits per heavy atom. The Kier molecular flexibility index (Phi) is 5.99. The fourth-order valence-electron chi connectivity index (χ4n) is 2.41. The average Bonchev–Trinajstić information content (AvgIpc) is 3.20. The molecule has 8 nitrogen and oxygen atoms in total.